The van der Waals surface area contributed by atoms with Gasteiger partial charge in [-0.1, -0.05) is 59.6 Å². The fourth-order valence-electron chi connectivity index (χ4n) is 3.79. The molecule has 0 aromatic carbocycles. The molecule has 0 aromatic rings. The van der Waals surface area contributed by atoms with Crippen molar-refractivity contribution in [2.45, 2.75) is 74.1 Å². The van der Waals surface area contributed by atoms with Crippen molar-refractivity contribution < 1.29 is 0 Å². The number of allylic oxidation sites excluding steroid dienone is 2. The van der Waals surface area contributed by atoms with Crippen LogP contribution < -0.4 is 0 Å². The van der Waals surface area contributed by atoms with Crippen molar-refractivity contribution in [3.63, 3.8) is 0 Å². The van der Waals surface area contributed by atoms with E-state index in [1.165, 1.54) is 25.7 Å². The van der Waals surface area contributed by atoms with Gasteiger partial charge < -0.3 is 0 Å². The van der Waals surface area contributed by atoms with Gasteiger partial charge in [0, 0.05) is 0 Å². The number of hydrogen-bond acceptors (Lipinski definition) is 0. The van der Waals surface area contributed by atoms with Gasteiger partial charge >= 0.3 is 0 Å². The quantitative estimate of drug-likeness (QED) is 0.531. The Hall–Kier alpha value is -0.260. The summed E-state index contributed by atoms with van der Waals surface area (Å²) in [5.41, 5.74) is 1.99. The van der Waals surface area contributed by atoms with Gasteiger partial charge in [0.2, 0.25) is 0 Å². The molecule has 18 heavy (non-hydrogen) atoms. The molecule has 0 amide bonds. The molecule has 0 N–H and O–H groups in total. The lowest BCUT2D eigenvalue weighted by Gasteiger charge is -2.40. The molecule has 0 fully saturated rings. The van der Waals surface area contributed by atoms with Crippen molar-refractivity contribution in [2.75, 3.05) is 0 Å². The van der Waals surface area contributed by atoms with Crippen LogP contribution in [-0.2, 0) is 0 Å². The topological polar surface area (TPSA) is 0 Å². The van der Waals surface area contributed by atoms with Gasteiger partial charge in [0.05, 0.1) is 0 Å². The molecule has 1 aliphatic carbocycles. The fourth-order valence-corrected chi connectivity index (χ4v) is 3.79. The summed E-state index contributed by atoms with van der Waals surface area (Å²) in [7, 11) is 0. The molecule has 0 heterocycles. The van der Waals surface area contributed by atoms with E-state index in [0.717, 1.165) is 23.7 Å². The normalized spacial score (nSPS) is 29.9. The molecule has 3 unspecified atom stereocenters. The molecule has 0 bridgehead atoms. The first-order valence-electron chi connectivity index (χ1n) is 7.97. The van der Waals surface area contributed by atoms with Crippen LogP contribution in [0.1, 0.15) is 74.1 Å². The zero-order chi connectivity index (χ0) is 13.9. The first-order valence-corrected chi connectivity index (χ1v) is 7.97. The molecule has 0 saturated carbocycles. The second-order valence-electron chi connectivity index (χ2n) is 7.44. The molecule has 0 spiro atoms. The number of hydrogen-bond donors (Lipinski definition) is 0. The zero-order valence-electron chi connectivity index (χ0n) is 13.7. The van der Waals surface area contributed by atoms with Gasteiger partial charge in [0.25, 0.3) is 0 Å². The standard InChI is InChI=1S/C18H34/c1-8-16(12-13(2)3)17-11-9-10-14(4)18(6,7)15(17)5/h10,13,15-17H,8-9,11-12H2,1-7H3. The third kappa shape index (κ3) is 3.39. The predicted molar refractivity (Wildman–Crippen MR) is 82.7 cm³/mol. The van der Waals surface area contributed by atoms with Gasteiger partial charge in [0.1, 0.15) is 0 Å². The van der Waals surface area contributed by atoms with E-state index < -0.39 is 0 Å². The Kier molecular flexibility index (Phi) is 5.49. The molecule has 0 aromatic heterocycles. The lowest BCUT2D eigenvalue weighted by atomic mass is 9.64. The summed E-state index contributed by atoms with van der Waals surface area (Å²) in [5.74, 6) is 3.46. The lowest BCUT2D eigenvalue weighted by Crippen LogP contribution is -2.32. The Balaban J connectivity index is 2.89. The van der Waals surface area contributed by atoms with Crippen LogP contribution in [0, 0.1) is 29.1 Å². The molecular weight excluding hydrogens is 216 g/mol. The second-order valence-corrected chi connectivity index (χ2v) is 7.44. The highest BCUT2D eigenvalue weighted by Crippen LogP contribution is 2.47. The van der Waals surface area contributed by atoms with Crippen LogP contribution in [-0.4, -0.2) is 0 Å². The Morgan fingerprint density at radius 1 is 1.33 bits per heavy atom. The summed E-state index contributed by atoms with van der Waals surface area (Å²) in [4.78, 5) is 0. The van der Waals surface area contributed by atoms with Gasteiger partial charge in [-0.2, -0.15) is 0 Å². The molecular formula is C18H34. The maximum absolute atomic E-state index is 2.50. The minimum absolute atomic E-state index is 0.381. The van der Waals surface area contributed by atoms with Crippen molar-refractivity contribution in [2.24, 2.45) is 29.1 Å². The molecule has 0 aliphatic heterocycles. The SMILES string of the molecule is CCC(CC(C)C)C1CCC=C(C)C(C)(C)C1C. The first kappa shape index (κ1) is 15.8. The summed E-state index contributed by atoms with van der Waals surface area (Å²) in [6.07, 6.45) is 7.94. The molecule has 0 radical (unpaired) electrons. The van der Waals surface area contributed by atoms with Crippen LogP contribution >= 0.6 is 0 Å². The van der Waals surface area contributed by atoms with Crippen molar-refractivity contribution in [3.05, 3.63) is 11.6 Å². The fraction of sp³-hybridized carbons (Fsp3) is 0.889. The summed E-state index contributed by atoms with van der Waals surface area (Å²) in [6.45, 7) is 16.9. The summed E-state index contributed by atoms with van der Waals surface area (Å²) in [5, 5.41) is 0. The summed E-state index contributed by atoms with van der Waals surface area (Å²) >= 11 is 0. The van der Waals surface area contributed by atoms with Crippen LogP contribution in [0.4, 0.5) is 0 Å². The van der Waals surface area contributed by atoms with Gasteiger partial charge in [-0.25, -0.2) is 0 Å². The van der Waals surface area contributed by atoms with E-state index in [1.54, 1.807) is 5.57 Å². The largest absolute Gasteiger partial charge is 0.0850 e. The van der Waals surface area contributed by atoms with E-state index in [4.69, 9.17) is 0 Å². The maximum atomic E-state index is 2.50. The summed E-state index contributed by atoms with van der Waals surface area (Å²) in [6, 6.07) is 0. The van der Waals surface area contributed by atoms with E-state index in [1.807, 2.05) is 0 Å². The molecule has 1 rings (SSSR count). The molecule has 106 valence electrons. The Labute approximate surface area is 115 Å². The smallest absolute Gasteiger partial charge is 0.0119 e. The van der Waals surface area contributed by atoms with Gasteiger partial charge in [-0.05, 0) is 55.3 Å². The van der Waals surface area contributed by atoms with Crippen molar-refractivity contribution in [3.8, 4) is 0 Å². The average Bonchev–Trinajstić information content (AvgIpc) is 2.38. The summed E-state index contributed by atoms with van der Waals surface area (Å²) < 4.78 is 0. The molecule has 3 atom stereocenters. The van der Waals surface area contributed by atoms with Crippen LogP contribution in [0.15, 0.2) is 11.6 Å². The molecule has 0 saturated heterocycles. The highest BCUT2D eigenvalue weighted by Gasteiger charge is 2.37. The molecule has 0 nitrogen and oxygen atoms in total. The van der Waals surface area contributed by atoms with Gasteiger partial charge in [-0.3, -0.25) is 0 Å². The Morgan fingerprint density at radius 3 is 2.44 bits per heavy atom. The lowest BCUT2D eigenvalue weighted by molar-refractivity contribution is 0.120. The van der Waals surface area contributed by atoms with E-state index in [2.05, 4.69) is 54.5 Å². The second kappa shape index (κ2) is 6.26. The number of rotatable bonds is 4. The van der Waals surface area contributed by atoms with Crippen molar-refractivity contribution in [1.29, 1.82) is 0 Å². The van der Waals surface area contributed by atoms with Crippen molar-refractivity contribution in [1.82, 2.24) is 0 Å². The predicted octanol–water partition coefficient (Wildman–Crippen LogP) is 6.08. The van der Waals surface area contributed by atoms with Gasteiger partial charge in [0.15, 0.2) is 0 Å². The van der Waals surface area contributed by atoms with Crippen LogP contribution in [0.2, 0.25) is 0 Å². The first-order chi connectivity index (χ1) is 8.30. The van der Waals surface area contributed by atoms with E-state index in [9.17, 15) is 0 Å². The Morgan fingerprint density at radius 2 is 1.94 bits per heavy atom. The van der Waals surface area contributed by atoms with Crippen LogP contribution in [0.3, 0.4) is 0 Å². The Bertz CT molecular complexity index is 282. The molecule has 0 heteroatoms. The highest BCUT2D eigenvalue weighted by atomic mass is 14.4. The van der Waals surface area contributed by atoms with Crippen LogP contribution in [0.5, 0.6) is 0 Å². The minimum atomic E-state index is 0.381. The third-order valence-electron chi connectivity index (χ3n) is 5.65. The maximum Gasteiger partial charge on any atom is -0.0119 e. The average molecular weight is 250 g/mol. The van der Waals surface area contributed by atoms with E-state index in [-0.39, 0.29) is 0 Å². The third-order valence-corrected chi connectivity index (χ3v) is 5.65. The highest BCUT2D eigenvalue weighted by molar-refractivity contribution is 5.13. The van der Waals surface area contributed by atoms with Gasteiger partial charge in [-0.15, -0.1) is 0 Å². The van der Waals surface area contributed by atoms with E-state index >= 15 is 0 Å². The monoisotopic (exact) mass is 250 g/mol. The van der Waals surface area contributed by atoms with E-state index in [0.29, 0.717) is 5.41 Å². The van der Waals surface area contributed by atoms with Crippen LogP contribution in [0.25, 0.3) is 0 Å². The minimum Gasteiger partial charge on any atom is -0.0850 e. The molecule has 1 aliphatic rings. The zero-order valence-corrected chi connectivity index (χ0v) is 13.7. The van der Waals surface area contributed by atoms with Crippen molar-refractivity contribution >= 4 is 0 Å².